The van der Waals surface area contributed by atoms with Gasteiger partial charge in [0.1, 0.15) is 6.61 Å². The van der Waals surface area contributed by atoms with Gasteiger partial charge in [0.05, 0.1) is 13.1 Å². The predicted molar refractivity (Wildman–Crippen MR) is 64.1 cm³/mol. The maximum Gasteiger partial charge on any atom is 0.286 e. The minimum Gasteiger partial charge on any atom is -0.428 e. The first-order valence-corrected chi connectivity index (χ1v) is 5.93. The molecule has 0 radical (unpaired) electrons. The van der Waals surface area contributed by atoms with E-state index in [-0.39, 0.29) is 5.92 Å². The van der Waals surface area contributed by atoms with E-state index in [1.807, 2.05) is 0 Å². The second-order valence-electron chi connectivity index (χ2n) is 3.85. The van der Waals surface area contributed by atoms with E-state index >= 15 is 0 Å². The maximum absolute atomic E-state index is 10.1. The fourth-order valence-corrected chi connectivity index (χ4v) is 1.65. The Hall–Kier alpha value is -1.95. The Morgan fingerprint density at radius 1 is 1.06 bits per heavy atom. The number of aliphatic imine (C=N–C) groups is 2. The number of hydrogen-bond acceptors (Lipinski definition) is 6. The zero-order chi connectivity index (χ0) is 13.5. The third-order valence-electron chi connectivity index (χ3n) is 2.53. The average Bonchev–Trinajstić information content (AvgIpc) is 2.39. The van der Waals surface area contributed by atoms with Crippen LogP contribution >= 0.6 is 0 Å². The van der Waals surface area contributed by atoms with Gasteiger partial charge in [-0.15, -0.1) is 0 Å². The van der Waals surface area contributed by atoms with Crippen LogP contribution in [-0.2, 0) is 14.3 Å². The van der Waals surface area contributed by atoms with Crippen LogP contribution < -0.4 is 0 Å². The van der Waals surface area contributed by atoms with Crippen molar-refractivity contribution in [2.24, 2.45) is 15.9 Å². The molecule has 0 fully saturated rings. The van der Waals surface area contributed by atoms with Crippen molar-refractivity contribution >= 4 is 12.2 Å². The van der Waals surface area contributed by atoms with Crippen molar-refractivity contribution in [3.05, 3.63) is 0 Å². The molecular formula is C12H17N3O3. The molecule has 0 aliphatic carbocycles. The van der Waals surface area contributed by atoms with Crippen LogP contribution in [-0.4, -0.2) is 31.9 Å². The van der Waals surface area contributed by atoms with Crippen LogP contribution in [0.25, 0.3) is 0 Å². The Kier molecular flexibility index (Phi) is 11.7. The van der Waals surface area contributed by atoms with Crippen LogP contribution in [0.4, 0.5) is 0 Å². The number of unbranched alkanes of at least 4 members (excludes halogenated alkanes) is 1. The monoisotopic (exact) mass is 251 g/mol. The molecule has 1 atom stereocenters. The minimum atomic E-state index is 0.286. The van der Waals surface area contributed by atoms with Crippen molar-refractivity contribution in [2.75, 3.05) is 19.7 Å². The van der Waals surface area contributed by atoms with Crippen molar-refractivity contribution in [3.8, 4) is 6.26 Å². The van der Waals surface area contributed by atoms with E-state index in [2.05, 4.69) is 14.7 Å². The van der Waals surface area contributed by atoms with Crippen LogP contribution in [0.1, 0.15) is 32.1 Å². The lowest BCUT2D eigenvalue weighted by atomic mass is 9.97. The van der Waals surface area contributed by atoms with E-state index in [0.29, 0.717) is 19.7 Å². The highest BCUT2D eigenvalue weighted by molar-refractivity contribution is 5.33. The highest BCUT2D eigenvalue weighted by atomic mass is 16.5. The number of carbonyl (C=O) groups excluding carboxylic acids is 2. The largest absolute Gasteiger partial charge is 0.428 e. The standard InChI is InChI=1S/C12H17N3O3/c13-9-18-7-3-5-12(8-15-11-17)4-1-2-6-14-10-16/h12H,1-8H2. The summed E-state index contributed by atoms with van der Waals surface area (Å²) in [7, 11) is 0. The fourth-order valence-electron chi connectivity index (χ4n) is 1.65. The normalized spacial score (nSPS) is 10.6. The Labute approximate surface area is 106 Å². The summed E-state index contributed by atoms with van der Waals surface area (Å²) in [5.74, 6) is 0.286. The van der Waals surface area contributed by atoms with E-state index in [1.54, 1.807) is 6.26 Å². The number of ether oxygens (including phenoxy) is 1. The van der Waals surface area contributed by atoms with E-state index < -0.39 is 0 Å². The molecule has 0 aliphatic rings. The summed E-state index contributed by atoms with van der Waals surface area (Å²) in [4.78, 5) is 27.0. The van der Waals surface area contributed by atoms with Crippen LogP contribution in [0.3, 0.4) is 0 Å². The van der Waals surface area contributed by atoms with Gasteiger partial charge < -0.3 is 4.74 Å². The van der Waals surface area contributed by atoms with Gasteiger partial charge in [-0.2, -0.15) is 5.26 Å². The molecule has 1 unspecified atom stereocenters. The first kappa shape index (κ1) is 16.1. The fraction of sp³-hybridized carbons (Fsp3) is 0.750. The molecule has 0 amide bonds. The molecule has 0 spiro atoms. The molecule has 0 heterocycles. The maximum atomic E-state index is 10.1. The topological polar surface area (TPSA) is 91.9 Å². The predicted octanol–water partition coefficient (Wildman–Crippen LogP) is 1.72. The lowest BCUT2D eigenvalue weighted by Crippen LogP contribution is -2.06. The van der Waals surface area contributed by atoms with Crippen LogP contribution in [0.2, 0.25) is 0 Å². The van der Waals surface area contributed by atoms with E-state index in [4.69, 9.17) is 5.26 Å². The molecule has 0 bridgehead atoms. The van der Waals surface area contributed by atoms with Gasteiger partial charge in [0.15, 0.2) is 0 Å². The summed E-state index contributed by atoms with van der Waals surface area (Å²) in [5, 5.41) is 8.21. The smallest absolute Gasteiger partial charge is 0.286 e. The van der Waals surface area contributed by atoms with Gasteiger partial charge in [-0.25, -0.2) is 19.6 Å². The molecule has 18 heavy (non-hydrogen) atoms. The van der Waals surface area contributed by atoms with Gasteiger partial charge in [-0.1, -0.05) is 6.42 Å². The summed E-state index contributed by atoms with van der Waals surface area (Å²) >= 11 is 0. The third-order valence-corrected chi connectivity index (χ3v) is 2.53. The van der Waals surface area contributed by atoms with Crippen molar-refractivity contribution in [1.29, 1.82) is 5.26 Å². The molecule has 0 N–H and O–H groups in total. The van der Waals surface area contributed by atoms with Gasteiger partial charge in [0, 0.05) is 0 Å². The quantitative estimate of drug-likeness (QED) is 0.242. The molecule has 0 aromatic heterocycles. The van der Waals surface area contributed by atoms with E-state index in [0.717, 1.165) is 32.1 Å². The zero-order valence-corrected chi connectivity index (χ0v) is 10.3. The number of nitriles is 1. The first-order chi connectivity index (χ1) is 8.85. The Balaban J connectivity index is 3.79. The molecule has 98 valence electrons. The molecule has 0 saturated heterocycles. The molecule has 0 rings (SSSR count). The SMILES string of the molecule is N#COCCCC(CCCCN=C=O)CN=C=O. The molecule has 6 nitrogen and oxygen atoms in total. The summed E-state index contributed by atoms with van der Waals surface area (Å²) < 4.78 is 4.59. The lowest BCUT2D eigenvalue weighted by molar-refractivity contribution is 0.249. The number of hydrogen-bond donors (Lipinski definition) is 0. The summed E-state index contributed by atoms with van der Waals surface area (Å²) in [6.07, 6.45) is 8.91. The Morgan fingerprint density at radius 2 is 1.78 bits per heavy atom. The van der Waals surface area contributed by atoms with Gasteiger partial charge >= 0.3 is 0 Å². The van der Waals surface area contributed by atoms with Crippen LogP contribution in [0.5, 0.6) is 0 Å². The minimum absolute atomic E-state index is 0.286. The van der Waals surface area contributed by atoms with Gasteiger partial charge in [0.2, 0.25) is 12.2 Å². The Morgan fingerprint density at radius 3 is 2.44 bits per heavy atom. The van der Waals surface area contributed by atoms with Gasteiger partial charge in [-0.3, -0.25) is 0 Å². The number of isocyanates is 2. The zero-order valence-electron chi connectivity index (χ0n) is 10.3. The van der Waals surface area contributed by atoms with Crippen molar-refractivity contribution in [3.63, 3.8) is 0 Å². The molecule has 0 aliphatic heterocycles. The Bertz CT molecular complexity index is 339. The van der Waals surface area contributed by atoms with Gasteiger partial charge in [-0.05, 0) is 31.6 Å². The van der Waals surface area contributed by atoms with Crippen molar-refractivity contribution < 1.29 is 14.3 Å². The summed E-state index contributed by atoms with van der Waals surface area (Å²) in [5.41, 5.74) is 0. The third kappa shape index (κ3) is 10.6. The van der Waals surface area contributed by atoms with E-state index in [9.17, 15) is 9.59 Å². The second kappa shape index (κ2) is 13.1. The molecule has 6 heteroatoms. The number of rotatable bonds is 11. The van der Waals surface area contributed by atoms with Crippen molar-refractivity contribution in [1.82, 2.24) is 0 Å². The van der Waals surface area contributed by atoms with Crippen molar-refractivity contribution in [2.45, 2.75) is 32.1 Å². The van der Waals surface area contributed by atoms with Gasteiger partial charge in [0.25, 0.3) is 6.26 Å². The van der Waals surface area contributed by atoms with Crippen LogP contribution in [0, 0.1) is 17.4 Å². The molecular weight excluding hydrogens is 234 g/mol. The summed E-state index contributed by atoms with van der Waals surface area (Å²) in [6.45, 7) is 1.34. The van der Waals surface area contributed by atoms with Crippen LogP contribution in [0.15, 0.2) is 9.98 Å². The molecule has 0 aromatic carbocycles. The van der Waals surface area contributed by atoms with E-state index in [1.165, 1.54) is 12.2 Å². The molecule has 0 saturated carbocycles. The average molecular weight is 251 g/mol. The molecule has 0 aromatic rings. The lowest BCUT2D eigenvalue weighted by Gasteiger charge is -2.12. The first-order valence-electron chi connectivity index (χ1n) is 5.93. The highest BCUT2D eigenvalue weighted by Gasteiger charge is 2.08. The number of nitrogens with zero attached hydrogens (tertiary/aromatic N) is 3. The second-order valence-corrected chi connectivity index (χ2v) is 3.85. The highest BCUT2D eigenvalue weighted by Crippen LogP contribution is 2.15. The summed E-state index contributed by atoms with van der Waals surface area (Å²) in [6, 6.07) is 0.